The molecule has 4 aromatic carbocycles. The number of aryl methyl sites for hydroxylation is 3. The summed E-state index contributed by atoms with van der Waals surface area (Å²) in [7, 11) is 0. The summed E-state index contributed by atoms with van der Waals surface area (Å²) in [5.74, 6) is 0.533. The van der Waals surface area contributed by atoms with Crippen LogP contribution in [0.25, 0.3) is 0 Å². The zero-order valence-electron chi connectivity index (χ0n) is 22.5. The fourth-order valence-electron chi connectivity index (χ4n) is 4.46. The van der Waals surface area contributed by atoms with Crippen molar-refractivity contribution in [2.45, 2.75) is 27.7 Å². The van der Waals surface area contributed by atoms with Gasteiger partial charge in [-0.1, -0.05) is 24.3 Å². The van der Waals surface area contributed by atoms with Crippen LogP contribution >= 0.6 is 0 Å². The van der Waals surface area contributed by atoms with Crippen LogP contribution < -0.4 is 16.2 Å². The molecule has 0 aliphatic rings. The van der Waals surface area contributed by atoms with Crippen molar-refractivity contribution in [1.29, 1.82) is 0 Å². The van der Waals surface area contributed by atoms with Crippen LogP contribution in [0.3, 0.4) is 0 Å². The molecule has 1 N–H and O–H groups in total. The molecule has 5 heteroatoms. The molecule has 190 valence electrons. The van der Waals surface area contributed by atoms with E-state index in [4.69, 9.17) is 0 Å². The SMILES string of the molecule is C/C(=N\Nc1nc(C)cc(C)n1)c1ccccc1C.c1cc[c]([SnH]([c]2ccccc2)[c]2ccccc2)cc1. The molecule has 5 rings (SSSR count). The second-order valence-electron chi connectivity index (χ2n) is 9.26. The molecule has 1 heterocycles. The van der Waals surface area contributed by atoms with Gasteiger partial charge in [0.25, 0.3) is 0 Å². The summed E-state index contributed by atoms with van der Waals surface area (Å²) in [4.78, 5) is 8.59. The van der Waals surface area contributed by atoms with Crippen LogP contribution in [0.2, 0.25) is 0 Å². The molecule has 0 radical (unpaired) electrons. The number of hydrogen-bond acceptors (Lipinski definition) is 4. The van der Waals surface area contributed by atoms with E-state index >= 15 is 0 Å². The first kappa shape index (κ1) is 27.3. The van der Waals surface area contributed by atoms with E-state index in [0.717, 1.165) is 22.7 Å². The van der Waals surface area contributed by atoms with E-state index in [-0.39, 0.29) is 0 Å². The Morgan fingerprint density at radius 3 is 1.47 bits per heavy atom. The van der Waals surface area contributed by atoms with Crippen molar-refractivity contribution < 1.29 is 0 Å². The quantitative estimate of drug-likeness (QED) is 0.165. The predicted molar refractivity (Wildman–Crippen MR) is 164 cm³/mol. The maximum absolute atomic E-state index is 4.35. The van der Waals surface area contributed by atoms with E-state index in [0.29, 0.717) is 5.95 Å². The normalized spacial score (nSPS) is 11.0. The summed E-state index contributed by atoms with van der Waals surface area (Å²) in [6.07, 6.45) is 0. The molecule has 0 saturated heterocycles. The molecule has 0 bridgehead atoms. The number of anilines is 1. The number of benzene rings is 4. The van der Waals surface area contributed by atoms with Crippen LogP contribution in [0, 0.1) is 20.8 Å². The summed E-state index contributed by atoms with van der Waals surface area (Å²) >= 11 is -2.14. The van der Waals surface area contributed by atoms with Crippen molar-refractivity contribution in [1.82, 2.24) is 9.97 Å². The average Bonchev–Trinajstić information content (AvgIpc) is 2.94. The van der Waals surface area contributed by atoms with Gasteiger partial charge in [-0.2, -0.15) is 5.10 Å². The first-order valence-electron chi connectivity index (χ1n) is 12.8. The molecular weight excluding hydrogens is 571 g/mol. The van der Waals surface area contributed by atoms with Gasteiger partial charge in [-0.15, -0.1) is 0 Å². The fraction of sp³-hybridized carbons (Fsp3) is 0.121. The second-order valence-corrected chi connectivity index (χ2v) is 17.4. The zero-order valence-corrected chi connectivity index (χ0v) is 25.8. The molecule has 0 saturated carbocycles. The summed E-state index contributed by atoms with van der Waals surface area (Å²) in [5.41, 5.74) is 8.02. The molecule has 0 atom stereocenters. The van der Waals surface area contributed by atoms with Gasteiger partial charge in [0, 0.05) is 17.0 Å². The van der Waals surface area contributed by atoms with Gasteiger partial charge in [-0.3, -0.25) is 0 Å². The first-order valence-corrected chi connectivity index (χ1v) is 17.8. The third kappa shape index (κ3) is 7.62. The topological polar surface area (TPSA) is 50.2 Å². The van der Waals surface area contributed by atoms with Crippen molar-refractivity contribution in [2.75, 3.05) is 5.43 Å². The van der Waals surface area contributed by atoms with Crippen molar-refractivity contribution >= 4 is 42.2 Å². The third-order valence-electron chi connectivity index (χ3n) is 6.24. The third-order valence-corrected chi connectivity index (χ3v) is 15.2. The molecule has 38 heavy (non-hydrogen) atoms. The molecule has 0 fully saturated rings. The van der Waals surface area contributed by atoms with E-state index in [1.165, 1.54) is 5.56 Å². The van der Waals surface area contributed by atoms with E-state index in [1.54, 1.807) is 10.7 Å². The van der Waals surface area contributed by atoms with Crippen LogP contribution in [0.5, 0.6) is 0 Å². The number of nitrogens with zero attached hydrogens (tertiary/aromatic N) is 3. The zero-order chi connectivity index (χ0) is 26.7. The van der Waals surface area contributed by atoms with Gasteiger partial charge >= 0.3 is 121 Å². The Balaban J connectivity index is 0.000000177. The maximum atomic E-state index is 4.35. The van der Waals surface area contributed by atoms with Crippen LogP contribution in [0.15, 0.2) is 126 Å². The van der Waals surface area contributed by atoms with Gasteiger partial charge in [-0.25, -0.2) is 15.4 Å². The molecule has 1 aromatic heterocycles. The molecular formula is C33H34N4Sn. The number of hydrogen-bond donors (Lipinski definition) is 1. The molecule has 0 spiro atoms. The Hall–Kier alpha value is -3.77. The summed E-state index contributed by atoms with van der Waals surface area (Å²) < 4.78 is 4.63. The summed E-state index contributed by atoms with van der Waals surface area (Å²) in [5, 5.41) is 4.35. The number of aromatic nitrogens is 2. The van der Waals surface area contributed by atoms with E-state index in [9.17, 15) is 0 Å². The van der Waals surface area contributed by atoms with Gasteiger partial charge in [0.2, 0.25) is 5.95 Å². The molecule has 0 unspecified atom stereocenters. The van der Waals surface area contributed by atoms with Crippen molar-refractivity contribution in [3.63, 3.8) is 0 Å². The first-order chi connectivity index (χ1) is 18.5. The average molecular weight is 605 g/mol. The monoisotopic (exact) mass is 606 g/mol. The Kier molecular flexibility index (Phi) is 9.82. The van der Waals surface area contributed by atoms with Crippen molar-refractivity contribution in [2.24, 2.45) is 5.10 Å². The van der Waals surface area contributed by atoms with Gasteiger partial charge in [0.15, 0.2) is 0 Å². The standard InChI is InChI=1S/C15H18N4.3C6H5.Sn.H/c1-10-7-5-6-8-14(10)13(4)18-19-15-16-11(2)9-12(3)17-15;3*1-2-4-6-5-3-1;;/h5-9H,1-4H3,(H,16,17,19);3*1-5H;;/b18-13+;;;;;. The summed E-state index contributed by atoms with van der Waals surface area (Å²) in [6, 6.07) is 43.1. The van der Waals surface area contributed by atoms with E-state index in [2.05, 4.69) is 131 Å². The Labute approximate surface area is 233 Å². The number of hydrazone groups is 1. The van der Waals surface area contributed by atoms with Crippen LogP contribution in [0.1, 0.15) is 29.4 Å². The number of rotatable bonds is 6. The van der Waals surface area contributed by atoms with Crippen LogP contribution in [0.4, 0.5) is 5.95 Å². The molecule has 0 aliphatic carbocycles. The molecule has 0 aliphatic heterocycles. The van der Waals surface area contributed by atoms with Crippen molar-refractivity contribution in [3.05, 3.63) is 144 Å². The van der Waals surface area contributed by atoms with Crippen LogP contribution in [-0.4, -0.2) is 35.4 Å². The van der Waals surface area contributed by atoms with E-state index < -0.39 is 19.8 Å². The second kappa shape index (κ2) is 13.7. The molecule has 4 nitrogen and oxygen atoms in total. The van der Waals surface area contributed by atoms with Crippen LogP contribution in [-0.2, 0) is 0 Å². The Bertz CT molecular complexity index is 1360. The fourth-order valence-corrected chi connectivity index (χ4v) is 13.0. The number of nitrogens with one attached hydrogen (secondary N) is 1. The van der Waals surface area contributed by atoms with Gasteiger partial charge < -0.3 is 0 Å². The van der Waals surface area contributed by atoms with Gasteiger partial charge in [0.05, 0.1) is 5.71 Å². The molecule has 5 aromatic rings. The minimum absolute atomic E-state index is 0.533. The van der Waals surface area contributed by atoms with E-state index in [1.807, 2.05) is 39.0 Å². The predicted octanol–water partition coefficient (Wildman–Crippen LogP) is 5.17. The minimum atomic E-state index is -2.14. The van der Waals surface area contributed by atoms with Gasteiger partial charge in [0.1, 0.15) is 0 Å². The Morgan fingerprint density at radius 2 is 1.03 bits per heavy atom. The van der Waals surface area contributed by atoms with Crippen molar-refractivity contribution in [3.8, 4) is 0 Å². The summed E-state index contributed by atoms with van der Waals surface area (Å²) in [6.45, 7) is 7.93. The van der Waals surface area contributed by atoms with Gasteiger partial charge in [-0.05, 0) is 39.3 Å². The molecule has 0 amide bonds. The Morgan fingerprint density at radius 1 is 0.605 bits per heavy atom.